The average Bonchev–Trinajstić information content (AvgIpc) is 2.80. The van der Waals surface area contributed by atoms with Gasteiger partial charge in [0.05, 0.1) is 49.2 Å². The molecule has 0 amide bonds. The number of hydrogen-bond donors (Lipinski definition) is 0. The highest BCUT2D eigenvalue weighted by Crippen LogP contribution is 2.42. The monoisotopic (exact) mass is 507 g/mol. The minimum absolute atomic E-state index is 0.000387. The van der Waals surface area contributed by atoms with Gasteiger partial charge in [0.15, 0.2) is 0 Å². The third-order valence-corrected chi connectivity index (χ3v) is 5.52. The van der Waals surface area contributed by atoms with Gasteiger partial charge in [-0.05, 0) is 46.8 Å². The number of esters is 4. The molecule has 0 saturated carbocycles. The quantitative estimate of drug-likeness (QED) is 0.282. The van der Waals surface area contributed by atoms with Crippen molar-refractivity contribution in [3.05, 3.63) is 45.5 Å². The van der Waals surface area contributed by atoms with Crippen LogP contribution in [0, 0.1) is 6.92 Å². The van der Waals surface area contributed by atoms with E-state index in [1.807, 2.05) is 13.0 Å². The number of likely N-dealkylation sites (N-methyl/N-ethyl adjacent to an activating group) is 1. The molecule has 1 aliphatic heterocycles. The molecule has 35 heavy (non-hydrogen) atoms. The first-order chi connectivity index (χ1) is 16.6. The molecule has 10 heteroatoms. The Labute approximate surface area is 209 Å². The molecular weight excluding hydrogens is 478 g/mol. The van der Waals surface area contributed by atoms with Crippen LogP contribution in [0.1, 0.15) is 38.8 Å². The molecule has 9 nitrogen and oxygen atoms in total. The molecule has 0 saturated heterocycles. The van der Waals surface area contributed by atoms with Gasteiger partial charge in [-0.2, -0.15) is 0 Å². The predicted octanol–water partition coefficient (Wildman–Crippen LogP) is 3.31. The number of carbonyl (C=O) groups excluding carboxylic acids is 4. The summed E-state index contributed by atoms with van der Waals surface area (Å²) in [5.41, 5.74) is 1.11. The van der Waals surface area contributed by atoms with Crippen LogP contribution in [0.25, 0.3) is 5.57 Å². The molecule has 0 aromatic heterocycles. The largest absolute Gasteiger partial charge is 0.463 e. The maximum Gasteiger partial charge on any atom is 0.350 e. The third-order valence-electron chi connectivity index (χ3n) is 5.17. The Morgan fingerprint density at radius 1 is 0.857 bits per heavy atom. The van der Waals surface area contributed by atoms with Crippen LogP contribution in [0.4, 0.5) is 5.69 Å². The van der Waals surface area contributed by atoms with Gasteiger partial charge in [-0.1, -0.05) is 23.2 Å². The molecule has 1 unspecified atom stereocenters. The van der Waals surface area contributed by atoms with Crippen LogP contribution in [0.5, 0.6) is 0 Å². The standard InChI is InChI=1S/C25H30ClNO8/c1-7-32-22(28)17-15-13-14(5)11-12-16(15)27(6)21(18(17)23(29)33-8-2)19(24(30)34-9-3)20(26)25(31)35-10-4/h11-13,21H,7-10H2,1-6H3/b20-19-. The fourth-order valence-corrected chi connectivity index (χ4v) is 4.03. The highest BCUT2D eigenvalue weighted by Gasteiger charge is 2.45. The molecule has 0 aliphatic carbocycles. The van der Waals surface area contributed by atoms with Gasteiger partial charge in [-0.15, -0.1) is 0 Å². The van der Waals surface area contributed by atoms with Crippen molar-refractivity contribution in [3.8, 4) is 0 Å². The van der Waals surface area contributed by atoms with Gasteiger partial charge >= 0.3 is 23.9 Å². The lowest BCUT2D eigenvalue weighted by Crippen LogP contribution is -2.45. The number of ether oxygens (including phenoxy) is 4. The third kappa shape index (κ3) is 5.85. The summed E-state index contributed by atoms with van der Waals surface area (Å²) in [6.07, 6.45) is 0. The minimum Gasteiger partial charge on any atom is -0.463 e. The van der Waals surface area contributed by atoms with Crippen molar-refractivity contribution in [1.82, 2.24) is 0 Å². The molecule has 0 spiro atoms. The molecule has 0 N–H and O–H groups in total. The summed E-state index contributed by atoms with van der Waals surface area (Å²) in [4.78, 5) is 53.8. The van der Waals surface area contributed by atoms with Gasteiger partial charge in [0.25, 0.3) is 0 Å². The number of fused-ring (bicyclic) bond motifs is 1. The van der Waals surface area contributed by atoms with E-state index >= 15 is 0 Å². The summed E-state index contributed by atoms with van der Waals surface area (Å²) in [7, 11) is 1.61. The number of nitrogens with zero attached hydrogens (tertiary/aromatic N) is 1. The lowest BCUT2D eigenvalue weighted by molar-refractivity contribution is -0.142. The van der Waals surface area contributed by atoms with E-state index in [2.05, 4.69) is 0 Å². The van der Waals surface area contributed by atoms with Crippen molar-refractivity contribution >= 4 is 46.7 Å². The first-order valence-corrected chi connectivity index (χ1v) is 11.7. The first kappa shape index (κ1) is 27.9. The maximum absolute atomic E-state index is 13.3. The maximum atomic E-state index is 13.3. The summed E-state index contributed by atoms with van der Waals surface area (Å²) < 4.78 is 20.7. The highest BCUT2D eigenvalue weighted by molar-refractivity contribution is 6.43. The van der Waals surface area contributed by atoms with Gasteiger partial charge in [-0.25, -0.2) is 19.2 Å². The lowest BCUT2D eigenvalue weighted by Gasteiger charge is -2.38. The second-order valence-corrected chi connectivity index (χ2v) is 7.81. The van der Waals surface area contributed by atoms with E-state index in [-0.39, 0.29) is 43.1 Å². The number of halogens is 1. The number of hydrogen-bond acceptors (Lipinski definition) is 9. The van der Waals surface area contributed by atoms with Gasteiger partial charge < -0.3 is 23.8 Å². The Hall–Kier alpha value is -3.33. The van der Waals surface area contributed by atoms with Crippen LogP contribution in [-0.2, 0) is 38.1 Å². The molecule has 1 heterocycles. The topological polar surface area (TPSA) is 108 Å². The number of carbonyl (C=O) groups is 4. The number of aryl methyl sites for hydroxylation is 1. The average molecular weight is 508 g/mol. The van der Waals surface area contributed by atoms with E-state index in [4.69, 9.17) is 30.5 Å². The van der Waals surface area contributed by atoms with Crippen molar-refractivity contribution in [3.63, 3.8) is 0 Å². The Kier molecular flexibility index (Phi) is 9.89. The molecule has 1 aliphatic rings. The molecular formula is C25H30ClNO8. The summed E-state index contributed by atoms with van der Waals surface area (Å²) >= 11 is 6.38. The fourth-order valence-electron chi connectivity index (χ4n) is 3.79. The van der Waals surface area contributed by atoms with E-state index in [9.17, 15) is 19.2 Å². The van der Waals surface area contributed by atoms with Crippen LogP contribution in [0.3, 0.4) is 0 Å². The van der Waals surface area contributed by atoms with Crippen molar-refractivity contribution in [1.29, 1.82) is 0 Å². The van der Waals surface area contributed by atoms with Crippen LogP contribution in [-0.4, -0.2) is 63.4 Å². The smallest absolute Gasteiger partial charge is 0.350 e. The fraction of sp³-hybridized carbons (Fsp3) is 0.440. The van der Waals surface area contributed by atoms with E-state index in [1.165, 1.54) is 0 Å². The summed E-state index contributed by atoms with van der Waals surface area (Å²) in [6.45, 7) is 8.27. The van der Waals surface area contributed by atoms with Crippen LogP contribution in [0.2, 0.25) is 0 Å². The predicted molar refractivity (Wildman–Crippen MR) is 130 cm³/mol. The zero-order valence-electron chi connectivity index (χ0n) is 20.7. The second kappa shape index (κ2) is 12.4. The molecule has 0 fully saturated rings. The highest BCUT2D eigenvalue weighted by atomic mass is 35.5. The summed E-state index contributed by atoms with van der Waals surface area (Å²) in [5.74, 6) is -3.56. The Bertz CT molecular complexity index is 1080. The van der Waals surface area contributed by atoms with E-state index in [0.717, 1.165) is 5.56 Å². The molecule has 0 radical (unpaired) electrons. The van der Waals surface area contributed by atoms with Crippen molar-refractivity contribution < 1.29 is 38.1 Å². The Morgan fingerprint density at radius 3 is 1.97 bits per heavy atom. The molecule has 190 valence electrons. The summed E-state index contributed by atoms with van der Waals surface area (Å²) in [5, 5.41) is -0.567. The molecule has 0 bridgehead atoms. The Balaban J connectivity index is 3.02. The van der Waals surface area contributed by atoms with Gasteiger partial charge in [0, 0.05) is 18.3 Å². The van der Waals surface area contributed by atoms with Gasteiger partial charge in [0.1, 0.15) is 5.03 Å². The summed E-state index contributed by atoms with van der Waals surface area (Å²) in [6, 6.07) is 3.97. The lowest BCUT2D eigenvalue weighted by atomic mass is 9.83. The van der Waals surface area contributed by atoms with Crippen LogP contribution >= 0.6 is 11.6 Å². The zero-order valence-corrected chi connectivity index (χ0v) is 21.5. The van der Waals surface area contributed by atoms with Gasteiger partial charge in [-0.3, -0.25) is 0 Å². The SMILES string of the molecule is CCOC(=O)C1=C(C(=O)OCC)C(/C(C(=O)OCC)=C(/Cl)C(=O)OCC)N(C)c2ccc(C)cc21. The number of anilines is 1. The first-order valence-electron chi connectivity index (χ1n) is 11.3. The van der Waals surface area contributed by atoms with Crippen molar-refractivity contribution in [2.24, 2.45) is 0 Å². The molecule has 1 atom stereocenters. The van der Waals surface area contributed by atoms with Crippen LogP contribution in [0.15, 0.2) is 34.4 Å². The van der Waals surface area contributed by atoms with E-state index in [1.54, 1.807) is 51.8 Å². The van der Waals surface area contributed by atoms with Crippen molar-refractivity contribution in [2.75, 3.05) is 38.4 Å². The number of benzene rings is 1. The second-order valence-electron chi connectivity index (χ2n) is 7.43. The zero-order chi connectivity index (χ0) is 26.3. The van der Waals surface area contributed by atoms with Crippen molar-refractivity contribution in [2.45, 2.75) is 40.7 Å². The molecule has 2 rings (SSSR count). The molecule has 1 aromatic rings. The molecule has 1 aromatic carbocycles. The van der Waals surface area contributed by atoms with Gasteiger partial charge in [0.2, 0.25) is 0 Å². The van der Waals surface area contributed by atoms with E-state index < -0.39 is 35.0 Å². The number of rotatable bonds is 9. The normalized spacial score (nSPS) is 15.6. The minimum atomic E-state index is -1.31. The van der Waals surface area contributed by atoms with E-state index in [0.29, 0.717) is 11.3 Å². The Morgan fingerprint density at radius 2 is 1.40 bits per heavy atom. The van der Waals surface area contributed by atoms with Crippen LogP contribution < -0.4 is 4.90 Å².